The van der Waals surface area contributed by atoms with Crippen molar-refractivity contribution in [3.8, 4) is 5.75 Å². The molecule has 1 fully saturated rings. The van der Waals surface area contributed by atoms with Gasteiger partial charge in [0.1, 0.15) is 29.3 Å². The van der Waals surface area contributed by atoms with E-state index in [9.17, 15) is 23.1 Å². The number of benzene rings is 2. The van der Waals surface area contributed by atoms with Gasteiger partial charge in [-0.25, -0.2) is 4.98 Å². The lowest BCUT2D eigenvalue weighted by molar-refractivity contribution is -0.150. The summed E-state index contributed by atoms with van der Waals surface area (Å²) in [7, 11) is 0. The third kappa shape index (κ3) is 6.20. The Labute approximate surface area is 200 Å². The largest absolute Gasteiger partial charge is 0.484 e. The first-order valence-electron chi connectivity index (χ1n) is 11.1. The summed E-state index contributed by atoms with van der Waals surface area (Å²) in [6.07, 6.45) is -3.43. The van der Waals surface area contributed by atoms with Crippen LogP contribution >= 0.6 is 0 Å². The monoisotopic (exact) mass is 490 g/mol. The molecule has 0 aliphatic carbocycles. The van der Waals surface area contributed by atoms with Crippen molar-refractivity contribution in [1.82, 2.24) is 9.88 Å². The SMILES string of the molecule is Cc1ocnc1C(Cc1ccc(C(F)(F)F)cc1)Oc1cccc(CN2CCOC[C@H]2C(=O)O)c1. The molecular formula is C25H25F3N2O5. The highest BCUT2D eigenvalue weighted by Crippen LogP contribution is 2.31. The molecule has 4 rings (SSSR count). The van der Waals surface area contributed by atoms with Crippen molar-refractivity contribution in [1.29, 1.82) is 0 Å². The fraction of sp³-hybridized carbons (Fsp3) is 0.360. The molecule has 1 aliphatic rings. The number of alkyl halides is 3. The molecule has 1 saturated heterocycles. The van der Waals surface area contributed by atoms with E-state index in [1.807, 2.05) is 23.1 Å². The van der Waals surface area contributed by atoms with Crippen molar-refractivity contribution in [2.45, 2.75) is 38.2 Å². The second kappa shape index (κ2) is 10.5. The van der Waals surface area contributed by atoms with Crippen LogP contribution in [0.3, 0.4) is 0 Å². The number of aryl methyl sites for hydroxylation is 1. The summed E-state index contributed by atoms with van der Waals surface area (Å²) in [5, 5.41) is 9.47. The standard InChI is InChI=1S/C25H25F3N2O5/c1-16-23(29-15-34-16)22(12-17-5-7-19(8-6-17)25(26,27)28)35-20-4-2-3-18(11-20)13-30-9-10-33-14-21(30)24(31)32/h2-8,11,15,21-22H,9-10,12-14H2,1H3,(H,31,32)/t21-,22?/m0/s1. The molecule has 1 unspecified atom stereocenters. The van der Waals surface area contributed by atoms with Crippen LogP contribution in [0.2, 0.25) is 0 Å². The molecule has 2 heterocycles. The molecule has 10 heteroatoms. The molecule has 1 aromatic heterocycles. The van der Waals surface area contributed by atoms with Crippen LogP contribution in [0.1, 0.15) is 34.2 Å². The minimum absolute atomic E-state index is 0.131. The lowest BCUT2D eigenvalue weighted by atomic mass is 10.0. The highest BCUT2D eigenvalue weighted by molar-refractivity contribution is 5.73. The fourth-order valence-electron chi connectivity index (χ4n) is 4.03. The number of nitrogens with zero attached hydrogens (tertiary/aromatic N) is 2. The van der Waals surface area contributed by atoms with Crippen molar-refractivity contribution in [2.75, 3.05) is 19.8 Å². The molecule has 186 valence electrons. The summed E-state index contributed by atoms with van der Waals surface area (Å²) in [6.45, 7) is 3.24. The second-order valence-corrected chi connectivity index (χ2v) is 8.35. The normalized spacial score (nSPS) is 17.8. The number of carboxylic acid groups (broad SMARTS) is 1. The zero-order chi connectivity index (χ0) is 25.0. The van der Waals surface area contributed by atoms with Gasteiger partial charge >= 0.3 is 12.1 Å². The van der Waals surface area contributed by atoms with Gasteiger partial charge in [-0.2, -0.15) is 13.2 Å². The summed E-state index contributed by atoms with van der Waals surface area (Å²) in [5.41, 5.74) is 1.35. The number of carbonyl (C=O) groups is 1. The van der Waals surface area contributed by atoms with E-state index in [0.717, 1.165) is 17.7 Å². The van der Waals surface area contributed by atoms with Gasteiger partial charge in [-0.1, -0.05) is 24.3 Å². The van der Waals surface area contributed by atoms with Gasteiger partial charge in [-0.3, -0.25) is 9.69 Å². The van der Waals surface area contributed by atoms with Crippen molar-refractivity contribution in [2.24, 2.45) is 0 Å². The number of halogens is 3. The quantitative estimate of drug-likeness (QED) is 0.492. The van der Waals surface area contributed by atoms with E-state index < -0.39 is 29.9 Å². The van der Waals surface area contributed by atoms with Crippen molar-refractivity contribution in [3.63, 3.8) is 0 Å². The van der Waals surface area contributed by atoms with Gasteiger partial charge in [-0.05, 0) is 42.3 Å². The molecular weight excluding hydrogens is 465 g/mol. The zero-order valence-electron chi connectivity index (χ0n) is 19.0. The second-order valence-electron chi connectivity index (χ2n) is 8.35. The first-order chi connectivity index (χ1) is 16.7. The molecule has 35 heavy (non-hydrogen) atoms. The van der Waals surface area contributed by atoms with Crippen LogP contribution in [-0.4, -0.2) is 46.8 Å². The van der Waals surface area contributed by atoms with Crippen molar-refractivity contribution < 1.29 is 37.0 Å². The van der Waals surface area contributed by atoms with Crippen LogP contribution in [0.5, 0.6) is 5.75 Å². The predicted octanol–water partition coefficient (Wildman–Crippen LogP) is 4.65. The maximum Gasteiger partial charge on any atom is 0.416 e. The molecule has 7 nitrogen and oxygen atoms in total. The molecule has 0 saturated carbocycles. The van der Waals surface area contributed by atoms with Gasteiger partial charge in [0, 0.05) is 19.5 Å². The molecule has 2 aromatic carbocycles. The number of aromatic nitrogens is 1. The summed E-state index contributed by atoms with van der Waals surface area (Å²) in [6, 6.07) is 11.5. The van der Waals surface area contributed by atoms with Gasteiger partial charge in [0.05, 0.1) is 18.8 Å². The van der Waals surface area contributed by atoms with Gasteiger partial charge in [0.25, 0.3) is 0 Å². The average Bonchev–Trinajstić information content (AvgIpc) is 3.25. The van der Waals surface area contributed by atoms with E-state index in [1.54, 1.807) is 13.0 Å². The summed E-state index contributed by atoms with van der Waals surface area (Å²) in [4.78, 5) is 17.6. The van der Waals surface area contributed by atoms with Crippen LogP contribution in [0, 0.1) is 6.92 Å². The van der Waals surface area contributed by atoms with Gasteiger partial charge < -0.3 is 19.0 Å². The summed E-state index contributed by atoms with van der Waals surface area (Å²) in [5.74, 6) is 0.146. The topological polar surface area (TPSA) is 85.0 Å². The van der Waals surface area contributed by atoms with Crippen molar-refractivity contribution >= 4 is 5.97 Å². The number of oxazole rings is 1. The Hall–Kier alpha value is -3.37. The highest BCUT2D eigenvalue weighted by atomic mass is 19.4. The van der Waals surface area contributed by atoms with Gasteiger partial charge in [-0.15, -0.1) is 0 Å². The highest BCUT2D eigenvalue weighted by Gasteiger charge is 2.31. The maximum atomic E-state index is 12.9. The summed E-state index contributed by atoms with van der Waals surface area (Å²) >= 11 is 0. The molecule has 2 atom stereocenters. The molecule has 1 N–H and O–H groups in total. The number of carboxylic acids is 1. The molecule has 0 spiro atoms. The van der Waals surface area contributed by atoms with Gasteiger partial charge in [0.15, 0.2) is 6.39 Å². The lowest BCUT2D eigenvalue weighted by Gasteiger charge is -2.32. The number of aliphatic carboxylic acids is 1. The Bertz CT molecular complexity index is 1150. The zero-order valence-corrected chi connectivity index (χ0v) is 19.0. The maximum absolute atomic E-state index is 12.9. The van der Waals surface area contributed by atoms with Crippen molar-refractivity contribution in [3.05, 3.63) is 83.1 Å². The third-order valence-electron chi connectivity index (χ3n) is 5.88. The Kier molecular flexibility index (Phi) is 7.42. The van der Waals surface area contributed by atoms with Crippen LogP contribution in [0.25, 0.3) is 0 Å². The Morgan fingerprint density at radius 3 is 2.66 bits per heavy atom. The van der Waals surface area contributed by atoms with E-state index in [2.05, 4.69) is 4.98 Å². The van der Waals surface area contributed by atoms with Gasteiger partial charge in [0.2, 0.25) is 0 Å². The van der Waals surface area contributed by atoms with E-state index in [0.29, 0.717) is 42.5 Å². The predicted molar refractivity (Wildman–Crippen MR) is 119 cm³/mol. The Morgan fingerprint density at radius 2 is 2.00 bits per heavy atom. The smallest absolute Gasteiger partial charge is 0.416 e. The molecule has 0 amide bonds. The molecule has 0 radical (unpaired) electrons. The number of ether oxygens (including phenoxy) is 2. The molecule has 3 aromatic rings. The van der Waals surface area contributed by atoms with Crippen LogP contribution < -0.4 is 4.74 Å². The third-order valence-corrected chi connectivity index (χ3v) is 5.88. The molecule has 0 bridgehead atoms. The first kappa shape index (κ1) is 24.7. The number of morpholine rings is 1. The van der Waals surface area contributed by atoms with E-state index >= 15 is 0 Å². The number of hydrogen-bond donors (Lipinski definition) is 1. The van der Waals surface area contributed by atoms with E-state index in [4.69, 9.17) is 13.9 Å². The van der Waals surface area contributed by atoms with E-state index in [1.165, 1.54) is 18.5 Å². The fourth-order valence-corrected chi connectivity index (χ4v) is 4.03. The van der Waals surface area contributed by atoms with Crippen LogP contribution in [-0.2, 0) is 28.7 Å². The van der Waals surface area contributed by atoms with Crippen LogP contribution in [0.15, 0.2) is 59.3 Å². The average molecular weight is 490 g/mol. The Morgan fingerprint density at radius 1 is 1.23 bits per heavy atom. The van der Waals surface area contributed by atoms with E-state index in [-0.39, 0.29) is 13.0 Å². The lowest BCUT2D eigenvalue weighted by Crippen LogP contribution is -2.49. The first-order valence-corrected chi connectivity index (χ1v) is 11.1. The minimum Gasteiger partial charge on any atom is -0.484 e. The van der Waals surface area contributed by atoms with Crippen LogP contribution in [0.4, 0.5) is 13.2 Å². The Balaban J connectivity index is 1.53. The molecule has 1 aliphatic heterocycles. The minimum atomic E-state index is -4.41. The number of hydrogen-bond acceptors (Lipinski definition) is 6. The number of rotatable bonds is 8. The summed E-state index contributed by atoms with van der Waals surface area (Å²) < 4.78 is 55.7.